The van der Waals surface area contributed by atoms with E-state index in [1.54, 1.807) is 0 Å². The molecule has 5 heteroatoms. The van der Waals surface area contributed by atoms with Gasteiger partial charge >= 0.3 is 6.18 Å². The van der Waals surface area contributed by atoms with Crippen LogP contribution < -0.4 is 0 Å². The average molecular weight is 341 g/mol. The number of hydrogen-bond donors (Lipinski definition) is 0. The summed E-state index contributed by atoms with van der Waals surface area (Å²) in [4.78, 5) is 0. The second-order valence-electron chi connectivity index (χ2n) is 5.84. The Balaban J connectivity index is 1.67. The summed E-state index contributed by atoms with van der Waals surface area (Å²) in [5, 5.41) is 0.169. The molecule has 0 saturated carbocycles. The molecule has 0 radical (unpaired) electrons. The Morgan fingerprint density at radius 1 is 1.09 bits per heavy atom. The van der Waals surface area contributed by atoms with Crippen molar-refractivity contribution in [1.82, 2.24) is 0 Å². The van der Waals surface area contributed by atoms with E-state index in [9.17, 15) is 13.2 Å². The Morgan fingerprint density at radius 2 is 1.83 bits per heavy atom. The van der Waals surface area contributed by atoms with Crippen LogP contribution in [0.4, 0.5) is 13.2 Å². The largest absolute Gasteiger partial charge is 0.416 e. The molecular formula is C18H16ClF3O. The molecule has 0 aromatic heterocycles. The Bertz CT molecular complexity index is 670. The first-order valence-corrected chi connectivity index (χ1v) is 7.83. The Labute approximate surface area is 138 Å². The summed E-state index contributed by atoms with van der Waals surface area (Å²) in [6.07, 6.45) is -2.84. The predicted octanol–water partition coefficient (Wildman–Crippen LogP) is 5.68. The summed E-state index contributed by atoms with van der Waals surface area (Å²) in [6.45, 7) is 0.594. The van der Waals surface area contributed by atoms with Gasteiger partial charge in [0.25, 0.3) is 0 Å². The molecule has 2 aromatic rings. The molecule has 0 aliphatic carbocycles. The van der Waals surface area contributed by atoms with Crippen LogP contribution in [0.5, 0.6) is 0 Å². The van der Waals surface area contributed by atoms with Crippen LogP contribution in [-0.4, -0.2) is 6.61 Å². The maximum atomic E-state index is 12.7. The van der Waals surface area contributed by atoms with Gasteiger partial charge in [0.2, 0.25) is 0 Å². The highest BCUT2D eigenvalue weighted by Crippen LogP contribution is 2.36. The number of ether oxygens (including phenoxy) is 1. The first-order valence-electron chi connectivity index (χ1n) is 7.45. The second-order valence-corrected chi connectivity index (χ2v) is 6.25. The van der Waals surface area contributed by atoms with E-state index < -0.39 is 11.7 Å². The van der Waals surface area contributed by atoms with Crippen molar-refractivity contribution in [1.29, 1.82) is 0 Å². The highest BCUT2D eigenvalue weighted by Gasteiger charge is 2.32. The highest BCUT2D eigenvalue weighted by molar-refractivity contribution is 6.31. The molecular weight excluding hydrogens is 325 g/mol. The SMILES string of the molecule is FC(F)(F)c1ccc(C[C@@H]2CO[C@@H](c3ccccc3)C2)c(Cl)c1. The quantitative estimate of drug-likeness (QED) is 0.698. The van der Waals surface area contributed by atoms with Gasteiger partial charge in [-0.1, -0.05) is 48.0 Å². The van der Waals surface area contributed by atoms with Gasteiger partial charge in [-0.15, -0.1) is 0 Å². The number of benzene rings is 2. The van der Waals surface area contributed by atoms with Gasteiger partial charge in [0.1, 0.15) is 0 Å². The van der Waals surface area contributed by atoms with Crippen molar-refractivity contribution >= 4 is 11.6 Å². The third kappa shape index (κ3) is 3.88. The molecule has 0 bridgehead atoms. The van der Waals surface area contributed by atoms with Crippen LogP contribution in [0.1, 0.15) is 29.2 Å². The topological polar surface area (TPSA) is 9.23 Å². The standard InChI is InChI=1S/C18H16ClF3O/c19-16-10-15(18(20,21)22)7-6-14(16)8-12-9-17(23-11-12)13-4-2-1-3-5-13/h1-7,10,12,17H,8-9,11H2/t12-,17+/m0/s1. The lowest BCUT2D eigenvalue weighted by Gasteiger charge is -2.13. The van der Waals surface area contributed by atoms with Crippen LogP contribution >= 0.6 is 11.6 Å². The molecule has 0 spiro atoms. The zero-order valence-corrected chi connectivity index (χ0v) is 13.1. The molecule has 1 fully saturated rings. The van der Waals surface area contributed by atoms with Gasteiger partial charge in [-0.3, -0.25) is 0 Å². The average Bonchev–Trinajstić information content (AvgIpc) is 2.98. The lowest BCUT2D eigenvalue weighted by Crippen LogP contribution is -2.07. The minimum Gasteiger partial charge on any atom is -0.373 e. The summed E-state index contributed by atoms with van der Waals surface area (Å²) in [7, 11) is 0. The maximum Gasteiger partial charge on any atom is 0.416 e. The fourth-order valence-electron chi connectivity index (χ4n) is 2.93. The number of rotatable bonds is 3. The van der Waals surface area contributed by atoms with Gasteiger partial charge in [-0.2, -0.15) is 13.2 Å². The second kappa shape index (κ2) is 6.54. The third-order valence-corrected chi connectivity index (χ3v) is 4.49. The maximum absolute atomic E-state index is 12.7. The summed E-state index contributed by atoms with van der Waals surface area (Å²) < 4.78 is 43.8. The number of alkyl halides is 3. The monoisotopic (exact) mass is 340 g/mol. The smallest absolute Gasteiger partial charge is 0.373 e. The molecule has 1 nitrogen and oxygen atoms in total. The fraction of sp³-hybridized carbons (Fsp3) is 0.333. The Morgan fingerprint density at radius 3 is 2.48 bits per heavy atom. The first kappa shape index (κ1) is 16.3. The summed E-state index contributed by atoms with van der Waals surface area (Å²) in [5.41, 5.74) is 1.16. The molecule has 1 heterocycles. The van der Waals surface area contributed by atoms with Crippen LogP contribution in [0, 0.1) is 5.92 Å². The highest BCUT2D eigenvalue weighted by atomic mass is 35.5. The normalized spacial score (nSPS) is 21.6. The van der Waals surface area contributed by atoms with Crippen molar-refractivity contribution in [3.05, 3.63) is 70.2 Å². The van der Waals surface area contributed by atoms with Gasteiger partial charge in [-0.25, -0.2) is 0 Å². The predicted molar refractivity (Wildman–Crippen MR) is 83.4 cm³/mol. The van der Waals surface area contributed by atoms with Crippen LogP contribution in [-0.2, 0) is 17.3 Å². The molecule has 0 N–H and O–H groups in total. The zero-order chi connectivity index (χ0) is 16.4. The first-order chi connectivity index (χ1) is 10.9. The van der Waals surface area contributed by atoms with E-state index in [1.165, 1.54) is 6.07 Å². The van der Waals surface area contributed by atoms with E-state index in [-0.39, 0.29) is 17.0 Å². The molecule has 1 saturated heterocycles. The van der Waals surface area contributed by atoms with E-state index in [2.05, 4.69) is 0 Å². The molecule has 0 amide bonds. The molecule has 1 aliphatic rings. The summed E-state index contributed by atoms with van der Waals surface area (Å²) in [6, 6.07) is 13.5. The Hall–Kier alpha value is -1.52. The van der Waals surface area contributed by atoms with Crippen molar-refractivity contribution in [2.75, 3.05) is 6.61 Å². The molecule has 23 heavy (non-hydrogen) atoms. The molecule has 2 aromatic carbocycles. The van der Waals surface area contributed by atoms with Gasteiger partial charge in [0, 0.05) is 5.02 Å². The van der Waals surface area contributed by atoms with Crippen LogP contribution in [0.15, 0.2) is 48.5 Å². The van der Waals surface area contributed by atoms with Gasteiger partial charge < -0.3 is 4.74 Å². The van der Waals surface area contributed by atoms with Crippen molar-refractivity contribution < 1.29 is 17.9 Å². The van der Waals surface area contributed by atoms with E-state index in [0.717, 1.165) is 29.7 Å². The van der Waals surface area contributed by atoms with Crippen LogP contribution in [0.3, 0.4) is 0 Å². The van der Waals surface area contributed by atoms with Crippen molar-refractivity contribution in [3.8, 4) is 0 Å². The Kier molecular flexibility index (Phi) is 4.64. The van der Waals surface area contributed by atoms with Gasteiger partial charge in [0.05, 0.1) is 18.3 Å². The lowest BCUT2D eigenvalue weighted by molar-refractivity contribution is -0.137. The number of halogens is 4. The van der Waals surface area contributed by atoms with Crippen molar-refractivity contribution in [2.45, 2.75) is 25.1 Å². The van der Waals surface area contributed by atoms with Crippen LogP contribution in [0.2, 0.25) is 5.02 Å². The minimum atomic E-state index is -4.36. The van der Waals surface area contributed by atoms with Gasteiger partial charge in [-0.05, 0) is 42.0 Å². The van der Waals surface area contributed by atoms with E-state index >= 15 is 0 Å². The molecule has 3 rings (SSSR count). The van der Waals surface area contributed by atoms with E-state index in [4.69, 9.17) is 16.3 Å². The zero-order valence-electron chi connectivity index (χ0n) is 12.3. The number of hydrogen-bond acceptors (Lipinski definition) is 1. The van der Waals surface area contributed by atoms with Crippen LogP contribution in [0.25, 0.3) is 0 Å². The summed E-state index contributed by atoms with van der Waals surface area (Å²) in [5.74, 6) is 0.259. The molecule has 1 aliphatic heterocycles. The van der Waals surface area contributed by atoms with E-state index in [1.807, 2.05) is 30.3 Å². The lowest BCUT2D eigenvalue weighted by atomic mass is 9.94. The fourth-order valence-corrected chi connectivity index (χ4v) is 3.19. The molecule has 122 valence electrons. The van der Waals surface area contributed by atoms with Crippen molar-refractivity contribution in [2.24, 2.45) is 5.92 Å². The third-order valence-electron chi connectivity index (χ3n) is 4.14. The molecule has 2 atom stereocenters. The van der Waals surface area contributed by atoms with Crippen molar-refractivity contribution in [3.63, 3.8) is 0 Å². The van der Waals surface area contributed by atoms with E-state index in [0.29, 0.717) is 13.0 Å². The van der Waals surface area contributed by atoms with Gasteiger partial charge in [0.15, 0.2) is 0 Å². The summed E-state index contributed by atoms with van der Waals surface area (Å²) >= 11 is 6.03. The molecule has 0 unspecified atom stereocenters. The minimum absolute atomic E-state index is 0.0504.